The lowest BCUT2D eigenvalue weighted by Crippen LogP contribution is -2.35. The number of morpholine rings is 1. The number of nitrogens with one attached hydrogen (secondary N) is 1. The van der Waals surface area contributed by atoms with E-state index in [-0.39, 0.29) is 5.91 Å². The summed E-state index contributed by atoms with van der Waals surface area (Å²) in [7, 11) is 0. The predicted octanol–water partition coefficient (Wildman–Crippen LogP) is 3.53. The number of thiazole rings is 1. The van der Waals surface area contributed by atoms with E-state index < -0.39 is 0 Å². The summed E-state index contributed by atoms with van der Waals surface area (Å²) < 4.78 is 5.33. The molecule has 1 fully saturated rings. The Hall–Kier alpha value is -1.18. The van der Waals surface area contributed by atoms with Gasteiger partial charge >= 0.3 is 0 Å². The summed E-state index contributed by atoms with van der Waals surface area (Å²) in [4.78, 5) is 19.9. The molecule has 0 atom stereocenters. The first-order valence-electron chi connectivity index (χ1n) is 7.13. The van der Waals surface area contributed by atoms with E-state index in [4.69, 9.17) is 27.9 Å². The van der Waals surface area contributed by atoms with Crippen LogP contribution < -0.4 is 5.32 Å². The SMILES string of the molecule is O=C(Nc1ncc(CN2CCOCC2)s1)c1ccc(Cl)cc1Cl. The summed E-state index contributed by atoms with van der Waals surface area (Å²) in [5.41, 5.74) is 0.376. The molecule has 122 valence electrons. The smallest absolute Gasteiger partial charge is 0.258 e. The molecule has 0 radical (unpaired) electrons. The van der Waals surface area contributed by atoms with E-state index in [1.807, 2.05) is 0 Å². The topological polar surface area (TPSA) is 54.5 Å². The van der Waals surface area contributed by atoms with E-state index in [2.05, 4.69) is 15.2 Å². The van der Waals surface area contributed by atoms with Crippen LogP contribution in [0.1, 0.15) is 15.2 Å². The average molecular weight is 372 g/mol. The van der Waals surface area contributed by atoms with Gasteiger partial charge in [-0.2, -0.15) is 0 Å². The maximum absolute atomic E-state index is 12.2. The number of ether oxygens (including phenoxy) is 1. The second kappa shape index (κ2) is 7.59. The maximum atomic E-state index is 12.2. The summed E-state index contributed by atoms with van der Waals surface area (Å²) in [5, 5.41) is 4.15. The van der Waals surface area contributed by atoms with Gasteiger partial charge in [0.15, 0.2) is 5.13 Å². The standard InChI is InChI=1S/C15H15Cl2N3O2S/c16-10-1-2-12(13(17)7-10)14(21)19-15-18-8-11(23-15)9-20-3-5-22-6-4-20/h1-2,7-8H,3-6,9H2,(H,18,19,21). The van der Waals surface area contributed by atoms with Crippen molar-refractivity contribution in [1.29, 1.82) is 0 Å². The van der Waals surface area contributed by atoms with Crippen molar-refractivity contribution in [3.8, 4) is 0 Å². The fourth-order valence-corrected chi connectivity index (χ4v) is 3.60. The number of benzene rings is 1. The van der Waals surface area contributed by atoms with Crippen LogP contribution in [0, 0.1) is 0 Å². The average Bonchev–Trinajstić information content (AvgIpc) is 2.95. The van der Waals surface area contributed by atoms with Crippen LogP contribution >= 0.6 is 34.5 Å². The van der Waals surface area contributed by atoms with Crippen LogP contribution in [-0.4, -0.2) is 42.1 Å². The maximum Gasteiger partial charge on any atom is 0.258 e. The van der Waals surface area contributed by atoms with Gasteiger partial charge in [-0.25, -0.2) is 4.98 Å². The number of carbonyl (C=O) groups is 1. The van der Waals surface area contributed by atoms with E-state index in [0.29, 0.717) is 20.7 Å². The zero-order valence-corrected chi connectivity index (χ0v) is 14.5. The van der Waals surface area contributed by atoms with Gasteiger partial charge in [0.2, 0.25) is 0 Å². The summed E-state index contributed by atoms with van der Waals surface area (Å²) in [6.45, 7) is 4.17. The Balaban J connectivity index is 1.62. The largest absolute Gasteiger partial charge is 0.379 e. The van der Waals surface area contributed by atoms with Gasteiger partial charge in [-0.05, 0) is 18.2 Å². The minimum atomic E-state index is -0.293. The Morgan fingerprint density at radius 2 is 2.13 bits per heavy atom. The highest BCUT2D eigenvalue weighted by Gasteiger charge is 2.15. The fourth-order valence-electron chi connectivity index (χ4n) is 2.26. The van der Waals surface area contributed by atoms with Crippen molar-refractivity contribution in [3.05, 3.63) is 44.9 Å². The summed E-state index contributed by atoms with van der Waals surface area (Å²) in [6.07, 6.45) is 1.79. The first-order valence-corrected chi connectivity index (χ1v) is 8.70. The minimum Gasteiger partial charge on any atom is -0.379 e. The van der Waals surface area contributed by atoms with Crippen molar-refractivity contribution in [2.24, 2.45) is 0 Å². The number of aromatic nitrogens is 1. The van der Waals surface area contributed by atoms with Gasteiger partial charge in [0.05, 0.1) is 23.8 Å². The van der Waals surface area contributed by atoms with Crippen molar-refractivity contribution in [2.75, 3.05) is 31.6 Å². The Bertz CT molecular complexity index is 702. The predicted molar refractivity (Wildman–Crippen MR) is 92.6 cm³/mol. The Labute approximate surface area is 148 Å². The molecule has 3 rings (SSSR count). The van der Waals surface area contributed by atoms with Crippen molar-refractivity contribution in [2.45, 2.75) is 6.54 Å². The molecule has 23 heavy (non-hydrogen) atoms. The van der Waals surface area contributed by atoms with Gasteiger partial charge in [-0.15, -0.1) is 11.3 Å². The number of amides is 1. The highest BCUT2D eigenvalue weighted by molar-refractivity contribution is 7.15. The summed E-state index contributed by atoms with van der Waals surface area (Å²) >= 11 is 13.3. The molecule has 1 N–H and O–H groups in total. The lowest BCUT2D eigenvalue weighted by atomic mass is 10.2. The normalized spacial score (nSPS) is 15.6. The number of nitrogens with zero attached hydrogens (tertiary/aromatic N) is 2. The molecule has 8 heteroatoms. The lowest BCUT2D eigenvalue weighted by Gasteiger charge is -2.25. The van der Waals surface area contributed by atoms with Gasteiger partial charge in [0, 0.05) is 35.7 Å². The zero-order chi connectivity index (χ0) is 16.2. The highest BCUT2D eigenvalue weighted by Crippen LogP contribution is 2.24. The third-order valence-corrected chi connectivity index (χ3v) is 4.88. The molecule has 0 spiro atoms. The summed E-state index contributed by atoms with van der Waals surface area (Å²) in [5.74, 6) is -0.293. The molecular formula is C15H15Cl2N3O2S. The first-order chi connectivity index (χ1) is 11.1. The lowest BCUT2D eigenvalue weighted by molar-refractivity contribution is 0.0346. The second-order valence-electron chi connectivity index (χ2n) is 5.10. The van der Waals surface area contributed by atoms with E-state index in [9.17, 15) is 4.79 Å². The van der Waals surface area contributed by atoms with Crippen LogP contribution in [0.15, 0.2) is 24.4 Å². The molecule has 1 aromatic heterocycles. The van der Waals surface area contributed by atoms with Gasteiger partial charge in [0.25, 0.3) is 5.91 Å². The van der Waals surface area contributed by atoms with Gasteiger partial charge < -0.3 is 4.74 Å². The number of hydrogen-bond donors (Lipinski definition) is 1. The van der Waals surface area contributed by atoms with Crippen LogP contribution in [0.4, 0.5) is 5.13 Å². The highest BCUT2D eigenvalue weighted by atomic mass is 35.5. The fraction of sp³-hybridized carbons (Fsp3) is 0.333. The third kappa shape index (κ3) is 4.43. The van der Waals surface area contributed by atoms with E-state index in [1.165, 1.54) is 11.3 Å². The Kier molecular flexibility index (Phi) is 5.50. The van der Waals surface area contributed by atoms with Crippen molar-refractivity contribution < 1.29 is 9.53 Å². The molecule has 0 saturated carbocycles. The molecule has 1 amide bonds. The molecule has 2 heterocycles. The summed E-state index contributed by atoms with van der Waals surface area (Å²) in [6, 6.07) is 4.78. The van der Waals surface area contributed by atoms with Crippen LogP contribution in [-0.2, 0) is 11.3 Å². The number of rotatable bonds is 4. The Morgan fingerprint density at radius 1 is 1.35 bits per heavy atom. The molecule has 0 bridgehead atoms. The quantitative estimate of drug-likeness (QED) is 0.892. The minimum absolute atomic E-state index is 0.293. The molecule has 2 aromatic rings. The van der Waals surface area contributed by atoms with Crippen LogP contribution in [0.3, 0.4) is 0 Å². The molecular weight excluding hydrogens is 357 g/mol. The second-order valence-corrected chi connectivity index (χ2v) is 7.06. The molecule has 1 saturated heterocycles. The van der Waals surface area contributed by atoms with Crippen molar-refractivity contribution in [3.63, 3.8) is 0 Å². The van der Waals surface area contributed by atoms with E-state index in [1.54, 1.807) is 24.4 Å². The monoisotopic (exact) mass is 371 g/mol. The van der Waals surface area contributed by atoms with Crippen LogP contribution in [0.2, 0.25) is 10.0 Å². The molecule has 1 aliphatic heterocycles. The number of carbonyl (C=O) groups excluding carboxylic acids is 1. The molecule has 1 aliphatic rings. The van der Waals surface area contributed by atoms with Crippen molar-refractivity contribution >= 4 is 45.6 Å². The van der Waals surface area contributed by atoms with Crippen molar-refractivity contribution in [1.82, 2.24) is 9.88 Å². The van der Waals surface area contributed by atoms with Gasteiger partial charge in [-0.3, -0.25) is 15.0 Å². The number of anilines is 1. The molecule has 0 aliphatic carbocycles. The molecule has 0 unspecified atom stereocenters. The third-order valence-electron chi connectivity index (χ3n) is 3.43. The number of halogens is 2. The molecule has 1 aromatic carbocycles. The number of hydrogen-bond acceptors (Lipinski definition) is 5. The Morgan fingerprint density at radius 3 is 2.87 bits per heavy atom. The molecule has 5 nitrogen and oxygen atoms in total. The zero-order valence-electron chi connectivity index (χ0n) is 12.2. The van der Waals surface area contributed by atoms with E-state index >= 15 is 0 Å². The van der Waals surface area contributed by atoms with Crippen LogP contribution in [0.5, 0.6) is 0 Å². The van der Waals surface area contributed by atoms with E-state index in [0.717, 1.165) is 37.7 Å². The first kappa shape index (κ1) is 16.7. The van der Waals surface area contributed by atoms with Gasteiger partial charge in [-0.1, -0.05) is 23.2 Å². The van der Waals surface area contributed by atoms with Crippen LogP contribution in [0.25, 0.3) is 0 Å². The van der Waals surface area contributed by atoms with Gasteiger partial charge in [0.1, 0.15) is 0 Å².